The molecular formula is C22H25ClN4O3. The number of nitrogens with one attached hydrogen (secondary N) is 2. The van der Waals surface area contributed by atoms with Crippen molar-refractivity contribution in [2.75, 3.05) is 25.5 Å². The van der Waals surface area contributed by atoms with Crippen molar-refractivity contribution in [3.8, 4) is 5.75 Å². The highest BCUT2D eigenvalue weighted by Crippen LogP contribution is 2.34. The number of likely N-dealkylation sites (tertiary alicyclic amines) is 1. The van der Waals surface area contributed by atoms with E-state index in [9.17, 15) is 9.59 Å². The van der Waals surface area contributed by atoms with E-state index in [0.717, 1.165) is 38.9 Å². The lowest BCUT2D eigenvalue weighted by Gasteiger charge is -2.18. The van der Waals surface area contributed by atoms with Gasteiger partial charge in [-0.1, -0.05) is 11.6 Å². The fourth-order valence-electron chi connectivity index (χ4n) is 3.68. The first kappa shape index (κ1) is 20.6. The topological polar surface area (TPSA) is 83.6 Å². The number of aromatic nitrogens is 1. The summed E-state index contributed by atoms with van der Waals surface area (Å²) in [5, 5.41) is 6.22. The van der Waals surface area contributed by atoms with Gasteiger partial charge >= 0.3 is 0 Å². The van der Waals surface area contributed by atoms with Gasteiger partial charge in [0.15, 0.2) is 0 Å². The summed E-state index contributed by atoms with van der Waals surface area (Å²) in [6.45, 7) is 2.52. The van der Waals surface area contributed by atoms with E-state index in [1.807, 2.05) is 12.1 Å². The Labute approximate surface area is 180 Å². The molecule has 2 aliphatic rings. The molecule has 0 radical (unpaired) electrons. The monoisotopic (exact) mass is 428 g/mol. The Hall–Kier alpha value is -2.64. The maximum Gasteiger partial charge on any atom is 0.255 e. The van der Waals surface area contributed by atoms with Crippen LogP contribution in [0.1, 0.15) is 35.2 Å². The molecule has 8 heteroatoms. The number of pyridine rings is 1. The molecular weight excluding hydrogens is 404 g/mol. The van der Waals surface area contributed by atoms with Crippen LogP contribution in [0.4, 0.5) is 5.69 Å². The molecule has 0 spiro atoms. The van der Waals surface area contributed by atoms with Crippen LogP contribution in [-0.4, -0.2) is 47.9 Å². The molecule has 2 amide bonds. The maximum atomic E-state index is 12.9. The van der Waals surface area contributed by atoms with Crippen molar-refractivity contribution < 1.29 is 14.3 Å². The first-order chi connectivity index (χ1) is 14.5. The summed E-state index contributed by atoms with van der Waals surface area (Å²) >= 11 is 6.34. The second-order valence-corrected chi connectivity index (χ2v) is 8.25. The highest BCUT2D eigenvalue weighted by molar-refractivity contribution is 6.34. The number of anilines is 1. The van der Waals surface area contributed by atoms with E-state index in [-0.39, 0.29) is 23.8 Å². The average molecular weight is 429 g/mol. The van der Waals surface area contributed by atoms with Crippen molar-refractivity contribution in [1.29, 1.82) is 0 Å². The van der Waals surface area contributed by atoms with Gasteiger partial charge in [0, 0.05) is 50.1 Å². The highest BCUT2D eigenvalue weighted by atomic mass is 35.5. The van der Waals surface area contributed by atoms with Gasteiger partial charge in [-0.05, 0) is 43.0 Å². The lowest BCUT2D eigenvalue weighted by molar-refractivity contribution is -0.117. The van der Waals surface area contributed by atoms with Crippen LogP contribution in [0.2, 0.25) is 5.02 Å². The Bertz CT molecular complexity index is 933. The molecule has 2 heterocycles. The van der Waals surface area contributed by atoms with Crippen LogP contribution in [-0.2, 0) is 11.3 Å². The van der Waals surface area contributed by atoms with Gasteiger partial charge < -0.3 is 15.4 Å². The summed E-state index contributed by atoms with van der Waals surface area (Å²) < 4.78 is 5.40. The summed E-state index contributed by atoms with van der Waals surface area (Å²) in [6, 6.07) is 7.23. The predicted molar refractivity (Wildman–Crippen MR) is 115 cm³/mol. The second kappa shape index (κ2) is 9.02. The fraction of sp³-hybridized carbons (Fsp3) is 0.409. The third kappa shape index (κ3) is 4.91. The van der Waals surface area contributed by atoms with Gasteiger partial charge in [-0.2, -0.15) is 0 Å². The van der Waals surface area contributed by atoms with Crippen LogP contribution in [0, 0.1) is 5.92 Å². The number of hydrogen-bond donors (Lipinski definition) is 2. The molecule has 2 aromatic rings. The molecule has 1 aliphatic carbocycles. The van der Waals surface area contributed by atoms with Crippen LogP contribution in [0.15, 0.2) is 36.7 Å². The zero-order valence-corrected chi connectivity index (χ0v) is 17.6. The van der Waals surface area contributed by atoms with Gasteiger partial charge in [-0.3, -0.25) is 19.5 Å². The minimum absolute atomic E-state index is 0.0450. The lowest BCUT2D eigenvalue weighted by atomic mass is 10.1. The summed E-state index contributed by atoms with van der Waals surface area (Å²) in [6.07, 6.45) is 6.26. The van der Waals surface area contributed by atoms with Gasteiger partial charge in [-0.15, -0.1) is 0 Å². The lowest BCUT2D eigenvalue weighted by Crippen LogP contribution is -2.37. The highest BCUT2D eigenvalue weighted by Gasteiger charge is 2.30. The fourth-order valence-corrected chi connectivity index (χ4v) is 3.89. The van der Waals surface area contributed by atoms with Crippen molar-refractivity contribution in [2.45, 2.75) is 31.8 Å². The normalized spacial score (nSPS) is 18.8. The Morgan fingerprint density at radius 1 is 1.23 bits per heavy atom. The van der Waals surface area contributed by atoms with Crippen LogP contribution >= 0.6 is 11.6 Å². The van der Waals surface area contributed by atoms with E-state index in [1.165, 1.54) is 12.7 Å². The van der Waals surface area contributed by atoms with Crippen LogP contribution in [0.5, 0.6) is 5.75 Å². The molecule has 1 aliphatic heterocycles. The number of halogens is 1. The maximum absolute atomic E-state index is 12.9. The number of benzene rings is 1. The molecule has 4 rings (SSSR count). The predicted octanol–water partition coefficient (Wildman–Crippen LogP) is 3.10. The molecule has 1 atom stereocenters. The number of amides is 2. The second-order valence-electron chi connectivity index (χ2n) is 7.85. The first-order valence-corrected chi connectivity index (χ1v) is 10.5. The smallest absolute Gasteiger partial charge is 0.255 e. The minimum Gasteiger partial charge on any atom is -0.496 e. The molecule has 30 heavy (non-hydrogen) atoms. The summed E-state index contributed by atoms with van der Waals surface area (Å²) in [7, 11) is 1.50. The van der Waals surface area contributed by atoms with Crippen molar-refractivity contribution in [2.24, 2.45) is 5.92 Å². The molecule has 0 unspecified atom stereocenters. The van der Waals surface area contributed by atoms with Gasteiger partial charge in [0.2, 0.25) is 5.91 Å². The van der Waals surface area contributed by atoms with Gasteiger partial charge in [-0.25, -0.2) is 0 Å². The number of methoxy groups -OCH3 is 1. The first-order valence-electron chi connectivity index (χ1n) is 10.1. The Kier molecular flexibility index (Phi) is 6.20. The molecule has 2 N–H and O–H groups in total. The average Bonchev–Trinajstić information content (AvgIpc) is 3.51. The van der Waals surface area contributed by atoms with E-state index in [2.05, 4.69) is 20.5 Å². The number of hydrogen-bond acceptors (Lipinski definition) is 5. The molecule has 1 saturated carbocycles. The number of ether oxygens (including phenoxy) is 1. The van der Waals surface area contributed by atoms with Gasteiger partial charge in [0.1, 0.15) is 5.75 Å². The zero-order chi connectivity index (χ0) is 21.1. The molecule has 1 aromatic heterocycles. The van der Waals surface area contributed by atoms with Crippen molar-refractivity contribution in [3.63, 3.8) is 0 Å². The Morgan fingerprint density at radius 2 is 2.00 bits per heavy atom. The van der Waals surface area contributed by atoms with Gasteiger partial charge in [0.05, 0.1) is 23.4 Å². The number of carbonyl (C=O) groups is 2. The van der Waals surface area contributed by atoms with E-state index in [1.54, 1.807) is 24.5 Å². The number of rotatable bonds is 7. The molecule has 1 aromatic carbocycles. The molecule has 1 saturated heterocycles. The standard InChI is InChI=1S/C22H25ClN4O3/c1-30-20-11-19(26-21(28)15-2-3-15)18(23)10-17(20)22(29)25-16-6-9-27(13-16)12-14-4-7-24-8-5-14/h4-5,7-8,10-11,15-16H,2-3,6,9,12-13H2,1H3,(H,25,29)(H,26,28)/t16-/m0/s1. The third-order valence-corrected chi connectivity index (χ3v) is 5.82. The Balaban J connectivity index is 1.39. The number of nitrogens with zero attached hydrogens (tertiary/aromatic N) is 2. The van der Waals surface area contributed by atoms with E-state index in [0.29, 0.717) is 22.0 Å². The largest absolute Gasteiger partial charge is 0.496 e. The zero-order valence-electron chi connectivity index (χ0n) is 16.9. The van der Waals surface area contributed by atoms with Crippen molar-refractivity contribution in [3.05, 3.63) is 52.8 Å². The van der Waals surface area contributed by atoms with E-state index >= 15 is 0 Å². The summed E-state index contributed by atoms with van der Waals surface area (Å²) in [5.74, 6) is 0.170. The quantitative estimate of drug-likeness (QED) is 0.708. The summed E-state index contributed by atoms with van der Waals surface area (Å²) in [5.41, 5.74) is 2.03. The van der Waals surface area contributed by atoms with Gasteiger partial charge in [0.25, 0.3) is 5.91 Å². The molecule has 2 fully saturated rings. The minimum atomic E-state index is -0.232. The van der Waals surface area contributed by atoms with Crippen LogP contribution in [0.25, 0.3) is 0 Å². The van der Waals surface area contributed by atoms with Crippen LogP contribution < -0.4 is 15.4 Å². The van der Waals surface area contributed by atoms with Crippen molar-refractivity contribution in [1.82, 2.24) is 15.2 Å². The van der Waals surface area contributed by atoms with Crippen molar-refractivity contribution >= 4 is 29.1 Å². The molecule has 158 valence electrons. The summed E-state index contributed by atoms with van der Waals surface area (Å²) in [4.78, 5) is 31.3. The molecule has 0 bridgehead atoms. The SMILES string of the molecule is COc1cc(NC(=O)C2CC2)c(Cl)cc1C(=O)N[C@H]1CCN(Cc2ccncc2)C1. The molecule has 7 nitrogen and oxygen atoms in total. The Morgan fingerprint density at radius 3 is 2.70 bits per heavy atom. The van der Waals surface area contributed by atoms with Crippen LogP contribution in [0.3, 0.4) is 0 Å². The number of carbonyl (C=O) groups excluding carboxylic acids is 2. The third-order valence-electron chi connectivity index (χ3n) is 5.50. The van der Waals surface area contributed by atoms with E-state index in [4.69, 9.17) is 16.3 Å². The van der Waals surface area contributed by atoms with E-state index < -0.39 is 0 Å².